The summed E-state index contributed by atoms with van der Waals surface area (Å²) in [6.45, 7) is 13.0. The standard InChI is InChI=1S/C82H107N5O20/c1-56(2)68(22-21-67(88)26-31-98-33-35-100-37-39-102-41-43-104-45-46-105-44-42-103-40-38-101-36-34-99-32-27-83-78(91)25-28-86-79(92)23-24-80(86)93)72(89)12-6-9-57(3)81(94)85-65-19-17-59(18-20-65)64-48-66-11-7-10-62-50-76(74(96-4)51-69(62)82(95)87(66)55-64)106-29-8-30-107-77-53-71-70(52-75(77)97-5)73(90)49-61-16-15-60(58-13-14-58)47-63(61)54-84-71/h10-11,15,17-20,23-24,50-58,61,63,66,68H,6,8-9,12-14,16,21-22,25-49H2,1-5H3,(H,83,91)(H,85,94). The molecule has 0 saturated heterocycles. The number of hydrogen-bond acceptors (Lipinski definition) is 21. The average Bonchev–Trinajstić information content (AvgIpc) is 1.74. The van der Waals surface area contributed by atoms with Gasteiger partial charge in [0.05, 0.1) is 150 Å². The van der Waals surface area contributed by atoms with Gasteiger partial charge in [-0.2, -0.15) is 0 Å². The zero-order valence-electron chi connectivity index (χ0n) is 62.7. The summed E-state index contributed by atoms with van der Waals surface area (Å²) in [4.78, 5) is 110. The monoisotopic (exact) mass is 1480 g/mol. The number of hydrogen-bond donors (Lipinski definition) is 2. The van der Waals surface area contributed by atoms with E-state index in [1.54, 1.807) is 49.5 Å². The van der Waals surface area contributed by atoms with Crippen LogP contribution in [0.5, 0.6) is 23.0 Å². The minimum atomic E-state index is -0.410. The number of aliphatic imine (C=N–C) groups is 1. The SMILES string of the molecule is COc1cc2c(cc1OCCCOc1cc3c(cc1OC)C(=O)CC1CC=C(C4CC4)CC1C=N3)C=C=CC1CC(c3ccc(NC(=O)C(C)CCCC(=O)C(CCC(=O)CCOCCOCCOCCOCCOCCOCCOCCOCCNC(=O)CCN4C(=O)C=CC4=O)C(C)C)cc3)=CN1C2=O. The van der Waals surface area contributed by atoms with Gasteiger partial charge in [-0.05, 0) is 128 Å². The number of Topliss-reactive ketones (excluding diaryl/α,β-unsaturated/α-hetero) is 3. The molecule has 6 aliphatic rings. The van der Waals surface area contributed by atoms with Gasteiger partial charge in [0.2, 0.25) is 11.8 Å². The highest BCUT2D eigenvalue weighted by Crippen LogP contribution is 2.46. The van der Waals surface area contributed by atoms with Crippen LogP contribution in [-0.4, -0.2) is 215 Å². The number of ether oxygens (including phenoxy) is 12. The van der Waals surface area contributed by atoms with Crippen LogP contribution in [0.4, 0.5) is 11.4 Å². The Kier molecular flexibility index (Phi) is 34.0. The fourth-order valence-electron chi connectivity index (χ4n) is 13.3. The van der Waals surface area contributed by atoms with Crippen LogP contribution in [0.2, 0.25) is 0 Å². The molecule has 25 heteroatoms. The molecule has 25 nitrogen and oxygen atoms in total. The minimum absolute atomic E-state index is 0.0333. The van der Waals surface area contributed by atoms with Gasteiger partial charge in [-0.15, -0.1) is 5.73 Å². The molecule has 5 amide bonds. The minimum Gasteiger partial charge on any atom is -0.493 e. The molecule has 107 heavy (non-hydrogen) atoms. The first-order chi connectivity index (χ1) is 52.1. The molecule has 4 heterocycles. The fourth-order valence-corrected chi connectivity index (χ4v) is 13.3. The number of benzene rings is 3. The highest BCUT2D eigenvalue weighted by molar-refractivity contribution is 6.13. The van der Waals surface area contributed by atoms with Gasteiger partial charge in [0.15, 0.2) is 28.8 Å². The van der Waals surface area contributed by atoms with E-state index >= 15 is 0 Å². The summed E-state index contributed by atoms with van der Waals surface area (Å²) in [5.74, 6) is 1.34. The van der Waals surface area contributed by atoms with Crippen LogP contribution in [0, 0.1) is 35.5 Å². The molecular formula is C82H107N5O20. The number of rotatable bonds is 51. The van der Waals surface area contributed by atoms with E-state index < -0.39 is 11.8 Å². The quantitative estimate of drug-likeness (QED) is 0.0230. The number of amides is 5. The predicted octanol–water partition coefficient (Wildman–Crippen LogP) is 10.5. The highest BCUT2D eigenvalue weighted by atomic mass is 16.6. The normalized spacial score (nSPS) is 17.8. The van der Waals surface area contributed by atoms with Crippen LogP contribution in [0.15, 0.2) is 95.3 Å². The van der Waals surface area contributed by atoms with E-state index in [9.17, 15) is 38.4 Å². The lowest BCUT2D eigenvalue weighted by Crippen LogP contribution is -2.35. The molecule has 5 unspecified atom stereocenters. The van der Waals surface area contributed by atoms with Crippen molar-refractivity contribution in [2.75, 3.05) is 152 Å². The molecule has 0 spiro atoms. The number of imide groups is 1. The van der Waals surface area contributed by atoms with Crippen molar-refractivity contribution in [2.45, 2.75) is 117 Å². The van der Waals surface area contributed by atoms with Gasteiger partial charge < -0.3 is 72.4 Å². The van der Waals surface area contributed by atoms with Gasteiger partial charge in [0.1, 0.15) is 11.6 Å². The van der Waals surface area contributed by atoms with E-state index in [-0.39, 0.29) is 103 Å². The van der Waals surface area contributed by atoms with Crippen molar-refractivity contribution in [3.05, 3.63) is 113 Å². The molecule has 3 aromatic rings. The number of fused-ring (bicyclic) bond motifs is 4. The number of carbonyl (C=O) groups excluding carboxylic acids is 8. The van der Waals surface area contributed by atoms with E-state index in [0.29, 0.717) is 221 Å². The molecule has 9 rings (SSSR count). The Morgan fingerprint density at radius 2 is 1.21 bits per heavy atom. The Bertz CT molecular complexity index is 3670. The van der Waals surface area contributed by atoms with E-state index in [0.717, 1.165) is 28.9 Å². The molecule has 5 atom stereocenters. The Balaban J connectivity index is 0.566. The number of allylic oxidation sites excluding steroid dienone is 2. The maximum atomic E-state index is 14.4. The predicted molar refractivity (Wildman–Crippen MR) is 401 cm³/mol. The van der Waals surface area contributed by atoms with Crippen LogP contribution in [-0.2, 0) is 66.7 Å². The van der Waals surface area contributed by atoms with Gasteiger partial charge in [-0.25, -0.2) is 0 Å². The van der Waals surface area contributed by atoms with Gasteiger partial charge in [0, 0.05) is 111 Å². The third-order valence-electron chi connectivity index (χ3n) is 19.7. The average molecular weight is 1480 g/mol. The first-order valence-corrected chi connectivity index (χ1v) is 37.9. The van der Waals surface area contributed by atoms with Gasteiger partial charge >= 0.3 is 0 Å². The molecule has 2 aliphatic carbocycles. The third-order valence-corrected chi connectivity index (χ3v) is 19.7. The smallest absolute Gasteiger partial charge is 0.259 e. The van der Waals surface area contributed by atoms with Crippen molar-refractivity contribution in [2.24, 2.45) is 40.5 Å². The second kappa shape index (κ2) is 44.1. The molecule has 3 aromatic carbocycles. The van der Waals surface area contributed by atoms with Gasteiger partial charge in [-0.1, -0.05) is 44.6 Å². The molecule has 2 N–H and O–H groups in total. The second-order valence-corrected chi connectivity index (χ2v) is 27.8. The van der Waals surface area contributed by atoms with Crippen molar-refractivity contribution in [1.82, 2.24) is 15.1 Å². The third kappa shape index (κ3) is 26.4. The Morgan fingerprint density at radius 3 is 1.80 bits per heavy atom. The Hall–Kier alpha value is -8.49. The van der Waals surface area contributed by atoms with Crippen molar-refractivity contribution >= 4 is 76.1 Å². The zero-order chi connectivity index (χ0) is 75.7. The number of carbonyl (C=O) groups is 8. The molecular weight excluding hydrogens is 1370 g/mol. The lowest BCUT2D eigenvalue weighted by Gasteiger charge is -2.30. The van der Waals surface area contributed by atoms with E-state index in [4.69, 9.17) is 61.8 Å². The highest BCUT2D eigenvalue weighted by Gasteiger charge is 2.36. The van der Waals surface area contributed by atoms with Crippen molar-refractivity contribution in [3.8, 4) is 23.0 Å². The maximum absolute atomic E-state index is 14.4. The number of methoxy groups -OCH3 is 2. The van der Waals surface area contributed by atoms with Crippen molar-refractivity contribution in [3.63, 3.8) is 0 Å². The van der Waals surface area contributed by atoms with E-state index in [1.165, 1.54) is 30.6 Å². The Morgan fingerprint density at radius 1 is 0.617 bits per heavy atom. The topological polar surface area (TPSA) is 290 Å². The van der Waals surface area contributed by atoms with Crippen LogP contribution in [0.3, 0.4) is 0 Å². The number of ketones is 3. The number of nitrogens with zero attached hydrogens (tertiary/aromatic N) is 3. The first-order valence-electron chi connectivity index (χ1n) is 37.9. The summed E-state index contributed by atoms with van der Waals surface area (Å²) in [5.41, 5.74) is 9.56. The van der Waals surface area contributed by atoms with Crippen LogP contribution >= 0.6 is 0 Å². The first kappa shape index (κ1) is 82.6. The summed E-state index contributed by atoms with van der Waals surface area (Å²) >= 11 is 0. The summed E-state index contributed by atoms with van der Waals surface area (Å²) in [6.07, 6.45) is 20.8. The summed E-state index contributed by atoms with van der Waals surface area (Å²) in [5, 5.41) is 5.71. The molecule has 1 saturated carbocycles. The number of nitrogens with one attached hydrogen (secondary N) is 2. The molecule has 580 valence electrons. The van der Waals surface area contributed by atoms with E-state index in [2.05, 4.69) is 22.4 Å². The summed E-state index contributed by atoms with van der Waals surface area (Å²) in [6, 6.07) is 14.4. The number of anilines is 1. The summed E-state index contributed by atoms with van der Waals surface area (Å²) < 4.78 is 68.2. The fraction of sp³-hybridized carbons (Fsp3) is 0.561. The Labute approximate surface area is 628 Å². The molecule has 4 aliphatic heterocycles. The molecule has 1 fully saturated rings. The van der Waals surface area contributed by atoms with Crippen LogP contribution in [0.1, 0.15) is 143 Å². The van der Waals surface area contributed by atoms with Crippen LogP contribution in [0.25, 0.3) is 11.6 Å². The maximum Gasteiger partial charge on any atom is 0.259 e. The molecule has 0 aromatic heterocycles. The van der Waals surface area contributed by atoms with Gasteiger partial charge in [-0.3, -0.25) is 48.2 Å². The summed E-state index contributed by atoms with van der Waals surface area (Å²) in [7, 11) is 3.11. The largest absolute Gasteiger partial charge is 0.493 e. The lowest BCUT2D eigenvalue weighted by atomic mass is 9.75. The molecule has 0 radical (unpaired) electrons. The van der Waals surface area contributed by atoms with E-state index in [1.807, 2.05) is 63.5 Å². The zero-order valence-corrected chi connectivity index (χ0v) is 62.7. The van der Waals surface area contributed by atoms with Gasteiger partial charge in [0.25, 0.3) is 17.7 Å². The van der Waals surface area contributed by atoms with Crippen LogP contribution < -0.4 is 29.6 Å². The second-order valence-electron chi connectivity index (χ2n) is 27.8. The lowest BCUT2D eigenvalue weighted by molar-refractivity contribution is -0.137. The van der Waals surface area contributed by atoms with Crippen molar-refractivity contribution < 1.29 is 95.2 Å². The van der Waals surface area contributed by atoms with Crippen molar-refractivity contribution in [1.29, 1.82) is 0 Å². The molecule has 0 bridgehead atoms.